The van der Waals surface area contributed by atoms with E-state index in [-0.39, 0.29) is 23.6 Å². The van der Waals surface area contributed by atoms with E-state index in [1.807, 2.05) is 18.4 Å². The van der Waals surface area contributed by atoms with E-state index in [0.29, 0.717) is 20.5 Å². The first-order valence-corrected chi connectivity index (χ1v) is 10.9. The van der Waals surface area contributed by atoms with Crippen LogP contribution in [0.2, 0.25) is 0 Å². The summed E-state index contributed by atoms with van der Waals surface area (Å²) >= 11 is 2.57. The Morgan fingerprint density at radius 3 is 2.73 bits per heavy atom. The van der Waals surface area contributed by atoms with Crippen LogP contribution in [0.25, 0.3) is 11.3 Å². The summed E-state index contributed by atoms with van der Waals surface area (Å²) in [6.45, 7) is 3.41. The number of hydrogen-bond acceptors (Lipinski definition) is 7. The lowest BCUT2D eigenvalue weighted by Crippen LogP contribution is -2.63. The largest absolute Gasteiger partial charge is 0.477 e. The number of aliphatic hydroxyl groups excluding tert-OH is 1. The smallest absolute Gasteiger partial charge is 0.353 e. The molecular weight excluding hydrogens is 426 g/mol. The minimum Gasteiger partial charge on any atom is -0.477 e. The van der Waals surface area contributed by atoms with Crippen molar-refractivity contribution in [2.24, 2.45) is 17.6 Å². The molecule has 2 aliphatic rings. The van der Waals surface area contributed by atoms with Crippen molar-refractivity contribution in [3.8, 4) is 11.3 Å². The van der Waals surface area contributed by atoms with Crippen LogP contribution in [0.15, 0.2) is 44.6 Å². The average molecular weight is 446 g/mol. The molecule has 1 unspecified atom stereocenters. The van der Waals surface area contributed by atoms with Crippen LogP contribution in [0.4, 0.5) is 0 Å². The zero-order valence-corrected chi connectivity index (χ0v) is 17.7. The third kappa shape index (κ3) is 3.21. The van der Waals surface area contributed by atoms with Crippen LogP contribution in [0.1, 0.15) is 24.2 Å². The summed E-state index contributed by atoms with van der Waals surface area (Å²) in [4.78, 5) is 42.1. The summed E-state index contributed by atoms with van der Waals surface area (Å²) in [5.41, 5.74) is 7.06. The second-order valence-corrected chi connectivity index (χ2v) is 9.46. The van der Waals surface area contributed by atoms with Crippen molar-refractivity contribution in [3.63, 3.8) is 0 Å². The predicted octanol–water partition coefficient (Wildman–Crippen LogP) is 2.15. The first-order chi connectivity index (χ1) is 14.2. The summed E-state index contributed by atoms with van der Waals surface area (Å²) in [6, 6.07) is 6.45. The molecule has 0 spiro atoms. The van der Waals surface area contributed by atoms with E-state index in [1.165, 1.54) is 28.0 Å². The van der Waals surface area contributed by atoms with Crippen LogP contribution in [-0.4, -0.2) is 50.0 Å². The highest BCUT2D eigenvalue weighted by Crippen LogP contribution is 2.52. The minimum absolute atomic E-state index is 0.0353. The molecule has 8 nitrogen and oxygen atoms in total. The summed E-state index contributed by atoms with van der Waals surface area (Å²) < 4.78 is 0.624. The molecule has 2 aliphatic heterocycles. The van der Waals surface area contributed by atoms with E-state index >= 15 is 0 Å². The molecule has 10 heteroatoms. The van der Waals surface area contributed by atoms with Gasteiger partial charge in [0.15, 0.2) is 4.34 Å². The standard InChI is InChI=1S/C20H19N3O5S2/c1-8-14-13(9(2)24)18(26)23(14)15(19(27)28)16(8)30-20-22-12(7-29-20)10-4-3-5-11(6-10)17(21)25/h3-9,13-14,24H,1-2H3,(H2,21,25)(H,27,28)/t8-,9?,13+,14+/m1/s1. The maximum atomic E-state index is 12.4. The molecule has 1 aromatic heterocycles. The van der Waals surface area contributed by atoms with Crippen LogP contribution in [0.3, 0.4) is 0 Å². The highest BCUT2D eigenvalue weighted by molar-refractivity contribution is 8.04. The monoisotopic (exact) mass is 445 g/mol. The quantitative estimate of drug-likeness (QED) is 0.580. The Morgan fingerprint density at radius 1 is 1.37 bits per heavy atom. The molecule has 156 valence electrons. The van der Waals surface area contributed by atoms with Gasteiger partial charge < -0.3 is 20.8 Å². The number of rotatable bonds is 6. The summed E-state index contributed by atoms with van der Waals surface area (Å²) in [5.74, 6) is -2.90. The third-order valence-electron chi connectivity index (χ3n) is 5.43. The third-order valence-corrected chi connectivity index (χ3v) is 7.66. The summed E-state index contributed by atoms with van der Waals surface area (Å²) in [6.07, 6.45) is -0.843. The van der Waals surface area contributed by atoms with Gasteiger partial charge in [0.1, 0.15) is 5.70 Å². The van der Waals surface area contributed by atoms with Crippen LogP contribution in [0.5, 0.6) is 0 Å². The van der Waals surface area contributed by atoms with E-state index in [2.05, 4.69) is 4.98 Å². The molecule has 4 rings (SSSR count). The van der Waals surface area contributed by atoms with Gasteiger partial charge in [0.05, 0.1) is 23.8 Å². The fraction of sp³-hybridized carbons (Fsp3) is 0.300. The van der Waals surface area contributed by atoms with Crippen LogP contribution in [-0.2, 0) is 9.59 Å². The van der Waals surface area contributed by atoms with Crippen molar-refractivity contribution in [1.29, 1.82) is 0 Å². The van der Waals surface area contributed by atoms with Gasteiger partial charge in [0.2, 0.25) is 11.8 Å². The van der Waals surface area contributed by atoms with E-state index in [9.17, 15) is 24.6 Å². The molecular formula is C20H19N3O5S2. The Kier molecular flexibility index (Phi) is 5.16. The molecule has 3 heterocycles. The number of benzene rings is 1. The number of aromatic nitrogens is 1. The van der Waals surface area contributed by atoms with E-state index in [1.54, 1.807) is 25.1 Å². The number of amides is 2. The molecule has 0 saturated carbocycles. The predicted molar refractivity (Wildman–Crippen MR) is 112 cm³/mol. The number of thiazole rings is 1. The molecule has 1 aromatic carbocycles. The van der Waals surface area contributed by atoms with Crippen molar-refractivity contribution in [2.45, 2.75) is 30.3 Å². The molecule has 2 aromatic rings. The Balaban J connectivity index is 1.63. The zero-order valence-electron chi connectivity index (χ0n) is 16.1. The van der Waals surface area contributed by atoms with Crippen LogP contribution < -0.4 is 5.73 Å². The Labute approximate surface area is 180 Å². The number of fused-ring (bicyclic) bond motifs is 1. The second kappa shape index (κ2) is 7.53. The second-order valence-electron chi connectivity index (χ2n) is 7.32. The summed E-state index contributed by atoms with van der Waals surface area (Å²) in [5, 5.41) is 21.5. The van der Waals surface area contributed by atoms with E-state index in [0.717, 1.165) is 5.56 Å². The highest BCUT2D eigenvalue weighted by atomic mass is 32.2. The van der Waals surface area contributed by atoms with Gasteiger partial charge >= 0.3 is 5.97 Å². The fourth-order valence-corrected chi connectivity index (χ4v) is 6.12. The number of thioether (sulfide) groups is 1. The molecule has 4 atom stereocenters. The average Bonchev–Trinajstić information content (AvgIpc) is 3.24. The number of carboxylic acids is 1. The Hall–Kier alpha value is -2.69. The molecule has 1 saturated heterocycles. The Morgan fingerprint density at radius 2 is 2.10 bits per heavy atom. The lowest BCUT2D eigenvalue weighted by atomic mass is 9.79. The van der Waals surface area contributed by atoms with Gasteiger partial charge in [-0.05, 0) is 19.1 Å². The molecule has 0 radical (unpaired) electrons. The van der Waals surface area contributed by atoms with Crippen LogP contribution >= 0.6 is 23.1 Å². The first-order valence-electron chi connectivity index (χ1n) is 9.23. The zero-order chi connectivity index (χ0) is 21.7. The van der Waals surface area contributed by atoms with Crippen molar-refractivity contribution in [2.75, 3.05) is 0 Å². The number of aliphatic hydroxyl groups is 1. The first kappa shape index (κ1) is 20.6. The van der Waals surface area contributed by atoms with Crippen molar-refractivity contribution < 1.29 is 24.6 Å². The van der Waals surface area contributed by atoms with Gasteiger partial charge in [0, 0.05) is 27.3 Å². The fourth-order valence-electron chi connectivity index (χ4n) is 4.02. The van der Waals surface area contributed by atoms with Crippen molar-refractivity contribution in [1.82, 2.24) is 9.88 Å². The number of carboxylic acid groups (broad SMARTS) is 1. The molecule has 2 amide bonds. The maximum absolute atomic E-state index is 12.4. The van der Waals surface area contributed by atoms with Gasteiger partial charge in [-0.1, -0.05) is 30.8 Å². The number of primary amides is 1. The van der Waals surface area contributed by atoms with E-state index in [4.69, 9.17) is 5.73 Å². The maximum Gasteiger partial charge on any atom is 0.353 e. The number of hydrogen-bond donors (Lipinski definition) is 3. The van der Waals surface area contributed by atoms with Crippen molar-refractivity contribution >= 4 is 40.9 Å². The highest BCUT2D eigenvalue weighted by Gasteiger charge is 2.60. The van der Waals surface area contributed by atoms with Crippen molar-refractivity contribution in [3.05, 3.63) is 45.8 Å². The normalized spacial score (nSPS) is 23.9. The topological polar surface area (TPSA) is 134 Å². The lowest BCUT2D eigenvalue weighted by Gasteiger charge is -2.46. The van der Waals surface area contributed by atoms with Gasteiger partial charge in [-0.2, -0.15) is 0 Å². The SMILES string of the molecule is CC(O)[C@@H]1C(=O)N2C(C(=O)O)=C(Sc3nc(-c4cccc(C(N)=O)c4)cs3)[C@H](C)[C@@H]12. The number of carbonyl (C=O) groups excluding carboxylic acids is 2. The lowest BCUT2D eigenvalue weighted by molar-refractivity contribution is -0.163. The van der Waals surface area contributed by atoms with Crippen LogP contribution in [0, 0.1) is 11.8 Å². The number of nitrogens with zero attached hydrogens (tertiary/aromatic N) is 2. The number of carbonyl (C=O) groups is 3. The molecule has 0 aliphatic carbocycles. The number of nitrogens with two attached hydrogens (primary N) is 1. The molecule has 4 N–H and O–H groups in total. The van der Waals surface area contributed by atoms with Gasteiger partial charge in [0.25, 0.3) is 0 Å². The number of aliphatic carboxylic acids is 1. The summed E-state index contributed by atoms with van der Waals surface area (Å²) in [7, 11) is 0. The van der Waals surface area contributed by atoms with Gasteiger partial charge in [-0.15, -0.1) is 11.3 Å². The molecule has 0 bridgehead atoms. The molecule has 1 fully saturated rings. The van der Waals surface area contributed by atoms with Gasteiger partial charge in [-0.25, -0.2) is 9.78 Å². The van der Waals surface area contributed by atoms with Gasteiger partial charge in [-0.3, -0.25) is 9.59 Å². The number of β-lactam (4-membered cyclic amide) rings is 1. The van der Waals surface area contributed by atoms with E-state index < -0.39 is 23.9 Å². The Bertz CT molecular complexity index is 1090. The minimum atomic E-state index is -1.17. The molecule has 30 heavy (non-hydrogen) atoms.